The molecule has 8 heteroatoms. The second-order valence-electron chi connectivity index (χ2n) is 7.15. The second kappa shape index (κ2) is 8.42. The number of aliphatic hydroxyl groups is 2. The zero-order valence-corrected chi connectivity index (χ0v) is 16.9. The molecule has 0 aliphatic rings. The Morgan fingerprint density at radius 1 is 0.724 bits per heavy atom. The van der Waals surface area contributed by atoms with Crippen LogP contribution in [0.25, 0.3) is 0 Å². The van der Waals surface area contributed by atoms with E-state index in [1.807, 2.05) is 64.1 Å². The van der Waals surface area contributed by atoms with Crippen LogP contribution in [-0.4, -0.2) is 25.2 Å². The smallest absolute Gasteiger partial charge is 0.231 e. The fourth-order valence-corrected chi connectivity index (χ4v) is 3.19. The van der Waals surface area contributed by atoms with Gasteiger partial charge in [-0.3, -0.25) is 0 Å². The molecule has 2 unspecified atom stereocenters. The van der Waals surface area contributed by atoms with Gasteiger partial charge in [0.25, 0.3) is 0 Å². The fourth-order valence-electron chi connectivity index (χ4n) is 3.19. The number of anilines is 3. The monoisotopic (exact) mass is 394 g/mol. The van der Waals surface area contributed by atoms with E-state index in [1.165, 1.54) is 0 Å². The van der Waals surface area contributed by atoms with Gasteiger partial charge in [-0.25, -0.2) is 0 Å². The Morgan fingerprint density at radius 2 is 1.14 bits per heavy atom. The molecule has 1 aromatic heterocycles. The number of nitrogens with two attached hydrogens (primary N) is 1. The van der Waals surface area contributed by atoms with E-state index in [2.05, 4.69) is 25.6 Å². The van der Waals surface area contributed by atoms with Gasteiger partial charge in [0.05, 0.1) is 0 Å². The van der Waals surface area contributed by atoms with E-state index in [4.69, 9.17) is 5.73 Å². The van der Waals surface area contributed by atoms with Crippen LogP contribution in [0.1, 0.15) is 45.8 Å². The SMILES string of the molecule is Cc1ccc(C(O)Nc2nc(N)nc(NC(O)c3ccc(C)cc3C)n2)c(C)c1. The number of hydrogen-bond donors (Lipinski definition) is 5. The van der Waals surface area contributed by atoms with Crippen molar-refractivity contribution in [3.63, 3.8) is 0 Å². The third kappa shape index (κ3) is 4.98. The standard InChI is InChI=1S/C21H26N6O2/c1-11-5-7-15(13(3)9-11)17(28)23-20-25-19(22)26-21(27-20)24-18(29)16-8-6-12(2)10-14(16)4/h5-10,17-18,28-29H,1-4H3,(H4,22,23,24,25,26,27). The molecule has 8 nitrogen and oxygen atoms in total. The van der Waals surface area contributed by atoms with Gasteiger partial charge in [0.15, 0.2) is 12.5 Å². The van der Waals surface area contributed by atoms with Crippen LogP contribution < -0.4 is 16.4 Å². The van der Waals surface area contributed by atoms with Gasteiger partial charge in [0, 0.05) is 11.1 Å². The summed E-state index contributed by atoms with van der Waals surface area (Å²) in [6, 6.07) is 11.5. The van der Waals surface area contributed by atoms with Gasteiger partial charge in [0.2, 0.25) is 17.8 Å². The predicted molar refractivity (Wildman–Crippen MR) is 113 cm³/mol. The molecular formula is C21H26N6O2. The number of nitrogen functional groups attached to an aromatic ring is 1. The molecule has 0 saturated heterocycles. The molecule has 3 aromatic rings. The first-order valence-electron chi connectivity index (χ1n) is 9.28. The number of nitrogens with one attached hydrogen (secondary N) is 2. The minimum atomic E-state index is -1.02. The Hall–Kier alpha value is -3.23. The largest absolute Gasteiger partial charge is 0.369 e. The highest BCUT2D eigenvalue weighted by molar-refractivity contribution is 5.44. The molecule has 0 saturated carbocycles. The third-order valence-electron chi connectivity index (χ3n) is 4.62. The van der Waals surface area contributed by atoms with E-state index in [9.17, 15) is 10.2 Å². The molecule has 0 aliphatic carbocycles. The first-order chi connectivity index (χ1) is 13.7. The molecule has 1 heterocycles. The molecule has 0 bridgehead atoms. The van der Waals surface area contributed by atoms with Crippen LogP contribution in [0, 0.1) is 27.7 Å². The van der Waals surface area contributed by atoms with Gasteiger partial charge in [-0.15, -0.1) is 0 Å². The van der Waals surface area contributed by atoms with Gasteiger partial charge < -0.3 is 26.6 Å². The van der Waals surface area contributed by atoms with E-state index in [0.717, 1.165) is 22.3 Å². The van der Waals surface area contributed by atoms with Crippen molar-refractivity contribution in [2.24, 2.45) is 0 Å². The normalized spacial score (nSPS) is 13.0. The summed E-state index contributed by atoms with van der Waals surface area (Å²) in [5.74, 6) is 0.159. The lowest BCUT2D eigenvalue weighted by molar-refractivity contribution is 0.205. The van der Waals surface area contributed by atoms with E-state index in [0.29, 0.717) is 11.1 Å². The summed E-state index contributed by atoms with van der Waals surface area (Å²) >= 11 is 0. The highest BCUT2D eigenvalue weighted by atomic mass is 16.3. The van der Waals surface area contributed by atoms with E-state index >= 15 is 0 Å². The molecule has 0 radical (unpaired) electrons. The topological polar surface area (TPSA) is 129 Å². The van der Waals surface area contributed by atoms with E-state index in [-0.39, 0.29) is 17.8 Å². The molecular weight excluding hydrogens is 368 g/mol. The van der Waals surface area contributed by atoms with E-state index < -0.39 is 12.5 Å². The number of rotatable bonds is 6. The minimum Gasteiger partial charge on any atom is -0.369 e. The predicted octanol–water partition coefficient (Wildman–Crippen LogP) is 2.89. The van der Waals surface area contributed by atoms with Crippen molar-refractivity contribution < 1.29 is 10.2 Å². The Bertz CT molecular complexity index is 946. The maximum atomic E-state index is 10.5. The lowest BCUT2D eigenvalue weighted by Crippen LogP contribution is -2.18. The molecule has 152 valence electrons. The van der Waals surface area contributed by atoms with Crippen molar-refractivity contribution in [3.8, 4) is 0 Å². The Kier molecular flexibility index (Phi) is 5.95. The molecule has 2 atom stereocenters. The molecule has 29 heavy (non-hydrogen) atoms. The molecule has 6 N–H and O–H groups in total. The van der Waals surface area contributed by atoms with Crippen molar-refractivity contribution in [2.45, 2.75) is 40.2 Å². The highest BCUT2D eigenvalue weighted by Gasteiger charge is 2.16. The molecule has 0 amide bonds. The van der Waals surface area contributed by atoms with Crippen LogP contribution in [0.4, 0.5) is 17.8 Å². The quantitative estimate of drug-likeness (QED) is 0.404. The Balaban J connectivity index is 1.78. The van der Waals surface area contributed by atoms with Crippen LogP contribution in [-0.2, 0) is 0 Å². The number of aromatic nitrogens is 3. The summed E-state index contributed by atoms with van der Waals surface area (Å²) in [6.45, 7) is 7.81. The Morgan fingerprint density at radius 3 is 1.52 bits per heavy atom. The number of aliphatic hydroxyl groups excluding tert-OH is 2. The highest BCUT2D eigenvalue weighted by Crippen LogP contribution is 2.23. The second-order valence-corrected chi connectivity index (χ2v) is 7.15. The summed E-state index contributed by atoms with van der Waals surface area (Å²) in [4.78, 5) is 12.3. The van der Waals surface area contributed by atoms with Gasteiger partial charge in [-0.2, -0.15) is 15.0 Å². The van der Waals surface area contributed by atoms with Crippen molar-refractivity contribution in [1.82, 2.24) is 15.0 Å². The summed E-state index contributed by atoms with van der Waals surface area (Å²) in [5, 5.41) is 26.7. The average Bonchev–Trinajstić information content (AvgIpc) is 2.60. The number of hydrogen-bond acceptors (Lipinski definition) is 8. The molecule has 3 rings (SSSR count). The summed E-state index contributed by atoms with van der Waals surface area (Å²) in [6.07, 6.45) is -2.04. The van der Waals surface area contributed by atoms with Crippen molar-refractivity contribution in [1.29, 1.82) is 0 Å². The maximum Gasteiger partial charge on any atom is 0.231 e. The molecule has 0 aliphatic heterocycles. The number of benzene rings is 2. The van der Waals surface area contributed by atoms with Gasteiger partial charge in [-0.1, -0.05) is 47.5 Å². The molecule has 0 spiro atoms. The lowest BCUT2D eigenvalue weighted by Gasteiger charge is -2.18. The zero-order chi connectivity index (χ0) is 21.1. The summed E-state index contributed by atoms with van der Waals surface area (Å²) in [5.41, 5.74) is 11.3. The summed E-state index contributed by atoms with van der Waals surface area (Å²) < 4.78 is 0. The number of nitrogens with zero attached hydrogens (tertiary/aromatic N) is 3. The first-order valence-corrected chi connectivity index (χ1v) is 9.28. The van der Waals surface area contributed by atoms with Crippen molar-refractivity contribution in [2.75, 3.05) is 16.4 Å². The molecule has 2 aromatic carbocycles. The van der Waals surface area contributed by atoms with E-state index in [1.54, 1.807) is 0 Å². The van der Waals surface area contributed by atoms with Crippen molar-refractivity contribution >= 4 is 17.8 Å². The van der Waals surface area contributed by atoms with Gasteiger partial charge in [-0.05, 0) is 38.8 Å². The first kappa shape index (κ1) is 20.5. The fraction of sp³-hybridized carbons (Fsp3) is 0.286. The minimum absolute atomic E-state index is 0.0364. The van der Waals surface area contributed by atoms with Gasteiger partial charge in [0.1, 0.15) is 0 Å². The number of aryl methyl sites for hydroxylation is 4. The average molecular weight is 394 g/mol. The van der Waals surface area contributed by atoms with Gasteiger partial charge >= 0.3 is 0 Å². The van der Waals surface area contributed by atoms with Crippen molar-refractivity contribution in [3.05, 3.63) is 69.8 Å². The third-order valence-corrected chi connectivity index (χ3v) is 4.62. The molecule has 0 fully saturated rings. The van der Waals surface area contributed by atoms with Crippen LogP contribution in [0.5, 0.6) is 0 Å². The lowest BCUT2D eigenvalue weighted by atomic mass is 10.0. The maximum absolute atomic E-state index is 10.5. The zero-order valence-electron chi connectivity index (χ0n) is 16.9. The van der Waals surface area contributed by atoms with Crippen LogP contribution in [0.2, 0.25) is 0 Å². The Labute approximate surface area is 169 Å². The van der Waals surface area contributed by atoms with Crippen LogP contribution in [0.3, 0.4) is 0 Å². The van der Waals surface area contributed by atoms with Crippen LogP contribution >= 0.6 is 0 Å². The summed E-state index contributed by atoms with van der Waals surface area (Å²) in [7, 11) is 0. The van der Waals surface area contributed by atoms with Crippen LogP contribution in [0.15, 0.2) is 36.4 Å².